The molecule has 0 saturated carbocycles. The predicted molar refractivity (Wildman–Crippen MR) is 85.1 cm³/mol. The van der Waals surface area contributed by atoms with Crippen molar-refractivity contribution in [2.75, 3.05) is 6.54 Å². The third-order valence-corrected chi connectivity index (χ3v) is 3.88. The van der Waals surface area contributed by atoms with Crippen LogP contribution in [-0.4, -0.2) is 17.4 Å². The van der Waals surface area contributed by atoms with Gasteiger partial charge < -0.3 is 10.1 Å². The second kappa shape index (κ2) is 5.72. The number of ether oxygens (including phenoxy) is 1. The van der Waals surface area contributed by atoms with Crippen LogP contribution in [0, 0.1) is 24.0 Å². The van der Waals surface area contributed by atoms with Crippen molar-refractivity contribution in [3.05, 3.63) is 62.7 Å². The van der Waals surface area contributed by atoms with Crippen LogP contribution in [0.2, 0.25) is 0 Å². The maximum absolute atomic E-state index is 11.7. The Morgan fingerprint density at radius 3 is 2.52 bits per heavy atom. The molecule has 1 aliphatic rings. The number of aryl methyl sites for hydroxylation is 2. The zero-order valence-electron chi connectivity index (χ0n) is 12.9. The van der Waals surface area contributed by atoms with E-state index in [1.165, 1.54) is 12.1 Å². The van der Waals surface area contributed by atoms with Gasteiger partial charge in [-0.1, -0.05) is 0 Å². The number of non-ortho nitro benzene ring substituents is 1. The molecule has 0 aliphatic carbocycles. The van der Waals surface area contributed by atoms with Crippen molar-refractivity contribution in [2.24, 2.45) is 0 Å². The molecule has 2 aromatic rings. The van der Waals surface area contributed by atoms with Crippen LogP contribution in [0.25, 0.3) is 0 Å². The van der Waals surface area contributed by atoms with Crippen molar-refractivity contribution in [1.29, 1.82) is 0 Å². The van der Waals surface area contributed by atoms with Gasteiger partial charge in [-0.25, -0.2) is 0 Å². The number of nitrogens with one attached hydrogen (secondary N) is 1. The summed E-state index contributed by atoms with van der Waals surface area (Å²) in [5, 5.41) is 13.7. The molecule has 6 nitrogen and oxygen atoms in total. The van der Waals surface area contributed by atoms with Crippen molar-refractivity contribution in [1.82, 2.24) is 5.32 Å². The lowest BCUT2D eigenvalue weighted by Gasteiger charge is -2.18. The minimum atomic E-state index is -0.415. The van der Waals surface area contributed by atoms with Gasteiger partial charge in [0, 0.05) is 24.2 Å². The largest absolute Gasteiger partial charge is 0.457 e. The van der Waals surface area contributed by atoms with Crippen LogP contribution in [0.3, 0.4) is 0 Å². The summed E-state index contributed by atoms with van der Waals surface area (Å²) in [6, 6.07) is 8.33. The van der Waals surface area contributed by atoms with E-state index < -0.39 is 4.92 Å². The molecule has 0 unspecified atom stereocenters. The fraction of sp³-hybridized carbons (Fsp3) is 0.235. The van der Waals surface area contributed by atoms with Gasteiger partial charge in [-0.05, 0) is 55.2 Å². The van der Waals surface area contributed by atoms with Crippen molar-refractivity contribution in [2.45, 2.75) is 20.3 Å². The van der Waals surface area contributed by atoms with Crippen molar-refractivity contribution < 1.29 is 14.5 Å². The quantitative estimate of drug-likeness (QED) is 0.696. The Morgan fingerprint density at radius 2 is 1.87 bits per heavy atom. The Hall–Kier alpha value is -2.89. The Bertz CT molecular complexity index is 791. The highest BCUT2D eigenvalue weighted by molar-refractivity contribution is 5.96. The number of carbonyl (C=O) groups is 1. The lowest BCUT2D eigenvalue weighted by Crippen LogP contribution is -2.31. The predicted octanol–water partition coefficient (Wildman–Crippen LogP) is 3.29. The van der Waals surface area contributed by atoms with E-state index in [0.717, 1.165) is 12.0 Å². The minimum absolute atomic E-state index is 0.0504. The average molecular weight is 312 g/mol. The molecule has 0 bridgehead atoms. The molecule has 2 aromatic carbocycles. The first-order valence-corrected chi connectivity index (χ1v) is 7.30. The topological polar surface area (TPSA) is 81.5 Å². The summed E-state index contributed by atoms with van der Waals surface area (Å²) >= 11 is 0. The number of hydrogen-bond acceptors (Lipinski definition) is 4. The molecule has 1 amide bonds. The van der Waals surface area contributed by atoms with Crippen LogP contribution in [0.4, 0.5) is 5.69 Å². The summed E-state index contributed by atoms with van der Waals surface area (Å²) < 4.78 is 5.92. The molecule has 0 aromatic heterocycles. The summed E-state index contributed by atoms with van der Waals surface area (Å²) in [7, 11) is 0. The first-order valence-electron chi connectivity index (χ1n) is 7.30. The number of benzene rings is 2. The molecule has 1 N–H and O–H groups in total. The summed E-state index contributed by atoms with van der Waals surface area (Å²) in [5.41, 5.74) is 3.07. The van der Waals surface area contributed by atoms with Gasteiger partial charge in [0.25, 0.3) is 11.6 Å². The number of nitrogens with zero attached hydrogens (tertiary/aromatic N) is 1. The summed E-state index contributed by atoms with van der Waals surface area (Å²) in [5.74, 6) is 1.16. The molecule has 0 fully saturated rings. The second-order valence-electron chi connectivity index (χ2n) is 5.59. The lowest BCUT2D eigenvalue weighted by molar-refractivity contribution is -0.385. The minimum Gasteiger partial charge on any atom is -0.457 e. The Labute approximate surface area is 133 Å². The number of hydrogen-bond donors (Lipinski definition) is 1. The molecular weight excluding hydrogens is 296 g/mol. The van der Waals surface area contributed by atoms with Crippen LogP contribution >= 0.6 is 0 Å². The third-order valence-electron chi connectivity index (χ3n) is 3.88. The molecule has 0 atom stereocenters. The van der Waals surface area contributed by atoms with Gasteiger partial charge in [0.05, 0.1) is 4.92 Å². The standard InChI is InChI=1S/C17H16N2O4/c1-10-7-13(19(21)22)8-11(2)16(10)23-14-3-4-15-12(9-14)5-6-18-17(15)20/h3-4,7-9H,5-6H2,1-2H3,(H,18,20). The highest BCUT2D eigenvalue weighted by Gasteiger charge is 2.18. The van der Waals surface area contributed by atoms with Gasteiger partial charge in [0.2, 0.25) is 0 Å². The highest BCUT2D eigenvalue weighted by Crippen LogP contribution is 2.33. The maximum Gasteiger partial charge on any atom is 0.270 e. The van der Waals surface area contributed by atoms with E-state index in [-0.39, 0.29) is 11.6 Å². The van der Waals surface area contributed by atoms with Crippen LogP contribution in [-0.2, 0) is 6.42 Å². The van der Waals surface area contributed by atoms with Gasteiger partial charge in [-0.15, -0.1) is 0 Å². The Balaban J connectivity index is 1.94. The molecule has 6 heteroatoms. The number of amides is 1. The van der Waals surface area contributed by atoms with Crippen molar-refractivity contribution in [3.8, 4) is 11.5 Å². The van der Waals surface area contributed by atoms with Gasteiger partial charge in [-0.3, -0.25) is 14.9 Å². The normalized spacial score (nSPS) is 13.2. The van der Waals surface area contributed by atoms with E-state index in [9.17, 15) is 14.9 Å². The van der Waals surface area contributed by atoms with Crippen molar-refractivity contribution in [3.63, 3.8) is 0 Å². The first kappa shape index (κ1) is 15.0. The maximum atomic E-state index is 11.7. The van der Waals surface area contributed by atoms with Gasteiger partial charge in [0.1, 0.15) is 11.5 Å². The third kappa shape index (κ3) is 2.88. The number of fused-ring (bicyclic) bond motifs is 1. The first-order chi connectivity index (χ1) is 11.0. The smallest absolute Gasteiger partial charge is 0.270 e. The van der Waals surface area contributed by atoms with Crippen LogP contribution in [0.15, 0.2) is 30.3 Å². The molecule has 0 radical (unpaired) electrons. The van der Waals surface area contributed by atoms with E-state index in [1.807, 2.05) is 6.07 Å². The van der Waals surface area contributed by atoms with E-state index in [4.69, 9.17) is 4.74 Å². The SMILES string of the molecule is Cc1cc([N+](=O)[O-])cc(C)c1Oc1ccc2c(c1)CCNC2=O. The summed E-state index contributed by atoms with van der Waals surface area (Å²) in [6.07, 6.45) is 0.760. The highest BCUT2D eigenvalue weighted by atomic mass is 16.6. The molecule has 23 heavy (non-hydrogen) atoms. The van der Waals surface area contributed by atoms with Crippen LogP contribution in [0.1, 0.15) is 27.0 Å². The monoisotopic (exact) mass is 312 g/mol. The second-order valence-corrected chi connectivity index (χ2v) is 5.59. The molecule has 0 spiro atoms. The van der Waals surface area contributed by atoms with Crippen LogP contribution in [0.5, 0.6) is 11.5 Å². The molecule has 1 heterocycles. The number of nitro benzene ring substituents is 1. The zero-order chi connectivity index (χ0) is 16.6. The Kier molecular flexibility index (Phi) is 3.73. The average Bonchev–Trinajstić information content (AvgIpc) is 2.50. The molecule has 118 valence electrons. The van der Waals surface area contributed by atoms with Crippen molar-refractivity contribution >= 4 is 11.6 Å². The lowest BCUT2D eigenvalue weighted by atomic mass is 10.0. The number of rotatable bonds is 3. The van der Waals surface area contributed by atoms with Crippen LogP contribution < -0.4 is 10.1 Å². The number of nitro groups is 1. The summed E-state index contributed by atoms with van der Waals surface area (Å²) in [6.45, 7) is 4.17. The zero-order valence-corrected chi connectivity index (χ0v) is 12.9. The summed E-state index contributed by atoms with van der Waals surface area (Å²) in [4.78, 5) is 22.2. The van der Waals surface area contributed by atoms with E-state index in [1.54, 1.807) is 26.0 Å². The van der Waals surface area contributed by atoms with Gasteiger partial charge in [-0.2, -0.15) is 0 Å². The van der Waals surface area contributed by atoms with E-state index in [0.29, 0.717) is 34.7 Å². The molecular formula is C17H16N2O4. The van der Waals surface area contributed by atoms with E-state index in [2.05, 4.69) is 5.32 Å². The molecule has 3 rings (SSSR count). The fourth-order valence-electron chi connectivity index (χ4n) is 2.78. The molecule has 1 aliphatic heterocycles. The fourth-order valence-corrected chi connectivity index (χ4v) is 2.78. The molecule has 0 saturated heterocycles. The number of carbonyl (C=O) groups excluding carboxylic acids is 1. The Morgan fingerprint density at radius 1 is 1.17 bits per heavy atom. The van der Waals surface area contributed by atoms with Gasteiger partial charge >= 0.3 is 0 Å². The van der Waals surface area contributed by atoms with Gasteiger partial charge in [0.15, 0.2) is 0 Å². The van der Waals surface area contributed by atoms with E-state index >= 15 is 0 Å².